The number of hydrogen-bond acceptors (Lipinski definition) is 4. The van der Waals surface area contributed by atoms with Crippen LogP contribution in [0.15, 0.2) is 18.2 Å². The Kier molecular flexibility index (Phi) is 7.13. The minimum atomic E-state index is -0.109. The number of ether oxygens (including phenoxy) is 1. The monoisotopic (exact) mass is 388 g/mol. The molecule has 156 valence electrons. The molecule has 0 radical (unpaired) electrons. The van der Waals surface area contributed by atoms with Gasteiger partial charge in [0.25, 0.3) is 5.91 Å². The van der Waals surface area contributed by atoms with Crippen LogP contribution in [0.25, 0.3) is 0 Å². The molecular formula is C23H36N2O3. The summed E-state index contributed by atoms with van der Waals surface area (Å²) in [6, 6.07) is 6.37. The van der Waals surface area contributed by atoms with Crippen molar-refractivity contribution >= 4 is 5.91 Å². The van der Waals surface area contributed by atoms with Gasteiger partial charge in [0.15, 0.2) is 0 Å². The molecule has 2 saturated heterocycles. The lowest BCUT2D eigenvalue weighted by atomic mass is 9.88. The highest BCUT2D eigenvalue weighted by Crippen LogP contribution is 2.35. The van der Waals surface area contributed by atoms with Gasteiger partial charge >= 0.3 is 0 Å². The SMILES string of the molecule is CC[C@@H]1CN(C(=O)c2cc(C)cc(C)c2)[C@H](CO)[C@@H]1CN1CCC[C@@H]1COC. The van der Waals surface area contributed by atoms with Crippen LogP contribution in [0.4, 0.5) is 0 Å². The van der Waals surface area contributed by atoms with E-state index in [-0.39, 0.29) is 18.6 Å². The fourth-order valence-corrected chi connectivity index (χ4v) is 5.29. The van der Waals surface area contributed by atoms with Crippen LogP contribution < -0.4 is 0 Å². The Morgan fingerprint density at radius 1 is 1.25 bits per heavy atom. The molecule has 28 heavy (non-hydrogen) atoms. The summed E-state index contributed by atoms with van der Waals surface area (Å²) in [5.41, 5.74) is 2.95. The summed E-state index contributed by atoms with van der Waals surface area (Å²) in [4.78, 5) is 17.8. The molecule has 1 aromatic carbocycles. The quantitative estimate of drug-likeness (QED) is 0.780. The largest absolute Gasteiger partial charge is 0.394 e. The molecule has 1 amide bonds. The van der Waals surface area contributed by atoms with Gasteiger partial charge in [-0.3, -0.25) is 9.69 Å². The van der Waals surface area contributed by atoms with Crippen LogP contribution in [0, 0.1) is 25.7 Å². The van der Waals surface area contributed by atoms with Crippen LogP contribution >= 0.6 is 0 Å². The molecule has 1 N–H and O–H groups in total. The van der Waals surface area contributed by atoms with E-state index >= 15 is 0 Å². The van der Waals surface area contributed by atoms with Gasteiger partial charge in [-0.1, -0.05) is 30.5 Å². The lowest BCUT2D eigenvalue weighted by molar-refractivity contribution is 0.0578. The summed E-state index contributed by atoms with van der Waals surface area (Å²) in [6.45, 7) is 9.81. The van der Waals surface area contributed by atoms with E-state index in [1.165, 1.54) is 12.8 Å². The van der Waals surface area contributed by atoms with Crippen LogP contribution in [0.3, 0.4) is 0 Å². The fourth-order valence-electron chi connectivity index (χ4n) is 5.29. The Bertz CT molecular complexity index is 658. The molecule has 5 nitrogen and oxygen atoms in total. The number of aliphatic hydroxyl groups excluding tert-OH is 1. The second-order valence-electron chi connectivity index (χ2n) is 8.66. The zero-order chi connectivity index (χ0) is 20.3. The fraction of sp³-hybridized carbons (Fsp3) is 0.696. The zero-order valence-corrected chi connectivity index (χ0v) is 17.9. The molecule has 2 fully saturated rings. The molecule has 0 aromatic heterocycles. The minimum absolute atomic E-state index is 0.0283. The van der Waals surface area contributed by atoms with Crippen molar-refractivity contribution in [1.29, 1.82) is 0 Å². The highest BCUT2D eigenvalue weighted by atomic mass is 16.5. The van der Waals surface area contributed by atoms with Crippen molar-refractivity contribution in [3.8, 4) is 0 Å². The van der Waals surface area contributed by atoms with Crippen molar-refractivity contribution in [2.24, 2.45) is 11.8 Å². The number of benzene rings is 1. The first kappa shape index (κ1) is 21.3. The first-order valence-corrected chi connectivity index (χ1v) is 10.7. The van der Waals surface area contributed by atoms with Crippen molar-refractivity contribution in [2.75, 3.05) is 40.0 Å². The molecule has 4 atom stereocenters. The number of hydrogen-bond donors (Lipinski definition) is 1. The number of aryl methyl sites for hydroxylation is 2. The molecule has 0 unspecified atom stereocenters. The molecule has 0 aliphatic carbocycles. The number of methoxy groups -OCH3 is 1. The molecule has 1 aromatic rings. The Morgan fingerprint density at radius 2 is 1.96 bits per heavy atom. The number of carbonyl (C=O) groups excluding carboxylic acids is 1. The van der Waals surface area contributed by atoms with Crippen LogP contribution in [0.5, 0.6) is 0 Å². The highest BCUT2D eigenvalue weighted by molar-refractivity contribution is 5.95. The van der Waals surface area contributed by atoms with Crippen LogP contribution in [-0.4, -0.2) is 72.9 Å². The van der Waals surface area contributed by atoms with Gasteiger partial charge in [0.1, 0.15) is 0 Å². The zero-order valence-electron chi connectivity index (χ0n) is 17.9. The summed E-state index contributed by atoms with van der Waals surface area (Å²) >= 11 is 0. The average Bonchev–Trinajstić information content (AvgIpc) is 3.25. The number of likely N-dealkylation sites (tertiary alicyclic amines) is 2. The molecule has 5 heteroatoms. The van der Waals surface area contributed by atoms with Crippen LogP contribution in [-0.2, 0) is 4.74 Å². The Balaban J connectivity index is 1.79. The van der Waals surface area contributed by atoms with E-state index in [0.717, 1.165) is 49.4 Å². The number of rotatable bonds is 7. The predicted molar refractivity (Wildman–Crippen MR) is 112 cm³/mol. The maximum absolute atomic E-state index is 13.3. The van der Waals surface area contributed by atoms with Crippen molar-refractivity contribution in [1.82, 2.24) is 9.80 Å². The van der Waals surface area contributed by atoms with E-state index in [0.29, 0.717) is 17.9 Å². The number of nitrogens with zero attached hydrogens (tertiary/aromatic N) is 2. The van der Waals surface area contributed by atoms with E-state index in [9.17, 15) is 9.90 Å². The van der Waals surface area contributed by atoms with Crippen LogP contribution in [0.1, 0.15) is 47.7 Å². The normalized spacial score (nSPS) is 28.2. The molecule has 2 aliphatic heterocycles. The Morgan fingerprint density at radius 3 is 2.57 bits per heavy atom. The molecule has 2 heterocycles. The maximum atomic E-state index is 13.3. The summed E-state index contributed by atoms with van der Waals surface area (Å²) < 4.78 is 5.41. The number of carbonyl (C=O) groups is 1. The molecule has 2 aliphatic rings. The van der Waals surface area contributed by atoms with Crippen molar-refractivity contribution in [3.63, 3.8) is 0 Å². The smallest absolute Gasteiger partial charge is 0.254 e. The predicted octanol–water partition coefficient (Wildman–Crippen LogP) is 2.87. The van der Waals surface area contributed by atoms with Gasteiger partial charge in [-0.05, 0) is 57.2 Å². The van der Waals surface area contributed by atoms with Gasteiger partial charge in [-0.2, -0.15) is 0 Å². The molecule has 0 spiro atoms. The van der Waals surface area contributed by atoms with Gasteiger partial charge in [0, 0.05) is 31.8 Å². The lowest BCUT2D eigenvalue weighted by Gasteiger charge is -2.32. The Hall–Kier alpha value is -1.43. The van der Waals surface area contributed by atoms with E-state index in [2.05, 4.69) is 17.9 Å². The van der Waals surface area contributed by atoms with Gasteiger partial charge < -0.3 is 14.7 Å². The van der Waals surface area contributed by atoms with Gasteiger partial charge in [0.2, 0.25) is 0 Å². The van der Waals surface area contributed by atoms with E-state index in [1.807, 2.05) is 30.9 Å². The van der Waals surface area contributed by atoms with Crippen molar-refractivity contribution in [3.05, 3.63) is 34.9 Å². The first-order chi connectivity index (χ1) is 13.5. The van der Waals surface area contributed by atoms with Crippen molar-refractivity contribution in [2.45, 2.75) is 52.1 Å². The summed E-state index contributed by atoms with van der Waals surface area (Å²) in [6.07, 6.45) is 3.40. The van der Waals surface area contributed by atoms with Gasteiger partial charge in [-0.15, -0.1) is 0 Å². The molecule has 3 rings (SSSR count). The van der Waals surface area contributed by atoms with Crippen LogP contribution in [0.2, 0.25) is 0 Å². The molecule has 0 saturated carbocycles. The first-order valence-electron chi connectivity index (χ1n) is 10.7. The number of aliphatic hydroxyl groups is 1. The second-order valence-corrected chi connectivity index (χ2v) is 8.66. The number of amides is 1. The maximum Gasteiger partial charge on any atom is 0.254 e. The molecular weight excluding hydrogens is 352 g/mol. The third-order valence-corrected chi connectivity index (χ3v) is 6.68. The summed E-state index contributed by atoms with van der Waals surface area (Å²) in [5, 5.41) is 10.2. The average molecular weight is 389 g/mol. The third kappa shape index (κ3) is 4.42. The van der Waals surface area contributed by atoms with Gasteiger partial charge in [0.05, 0.1) is 19.3 Å². The van der Waals surface area contributed by atoms with E-state index in [1.54, 1.807) is 7.11 Å². The van der Waals surface area contributed by atoms with Crippen molar-refractivity contribution < 1.29 is 14.6 Å². The molecule has 0 bridgehead atoms. The highest BCUT2D eigenvalue weighted by Gasteiger charge is 2.44. The second kappa shape index (κ2) is 9.38. The van der Waals surface area contributed by atoms with E-state index in [4.69, 9.17) is 4.74 Å². The lowest BCUT2D eigenvalue weighted by Crippen LogP contribution is -2.45. The summed E-state index contributed by atoms with van der Waals surface area (Å²) in [7, 11) is 1.77. The third-order valence-electron chi connectivity index (χ3n) is 6.68. The Labute approximate surface area is 169 Å². The topological polar surface area (TPSA) is 53.0 Å². The standard InChI is InChI=1S/C23H36N2O3/c1-5-18-12-25(23(27)19-10-16(2)9-17(3)11-19)22(14-26)21(18)13-24-8-6-7-20(24)15-28-4/h9-11,18,20-22,26H,5-8,12-15H2,1-4H3/t18-,20-,21-,22-/m1/s1. The van der Waals surface area contributed by atoms with E-state index < -0.39 is 0 Å². The minimum Gasteiger partial charge on any atom is -0.394 e. The summed E-state index contributed by atoms with van der Waals surface area (Å²) in [5.74, 6) is 0.791. The van der Waals surface area contributed by atoms with Gasteiger partial charge in [-0.25, -0.2) is 0 Å².